The quantitative estimate of drug-likeness (QED) is 0.413. The second-order valence-electron chi connectivity index (χ2n) is 10.0. The summed E-state index contributed by atoms with van der Waals surface area (Å²) in [6.45, 7) is -0.709. The number of benzene rings is 1. The fraction of sp³-hybridized carbons (Fsp3) is 0.519. The number of halogens is 7. The van der Waals surface area contributed by atoms with Crippen molar-refractivity contribution in [3.8, 4) is 0 Å². The summed E-state index contributed by atoms with van der Waals surface area (Å²) in [5.41, 5.74) is 1.94. The summed E-state index contributed by atoms with van der Waals surface area (Å²) in [6.07, 6.45) is -5.23. The highest BCUT2D eigenvalue weighted by atomic mass is 35.5. The van der Waals surface area contributed by atoms with E-state index in [2.05, 4.69) is 10.3 Å². The Kier molecular flexibility index (Phi) is 9.16. The summed E-state index contributed by atoms with van der Waals surface area (Å²) in [7, 11) is 0. The molecule has 2 heterocycles. The van der Waals surface area contributed by atoms with Gasteiger partial charge in [0.1, 0.15) is 0 Å². The maximum atomic E-state index is 13.7. The van der Waals surface area contributed by atoms with Crippen molar-refractivity contribution in [3.05, 3.63) is 58.4 Å². The highest BCUT2D eigenvalue weighted by molar-refractivity contribution is 6.33. The molecule has 0 spiro atoms. The van der Waals surface area contributed by atoms with E-state index in [1.807, 2.05) is 0 Å². The summed E-state index contributed by atoms with van der Waals surface area (Å²) in [4.78, 5) is 30.4. The van der Waals surface area contributed by atoms with E-state index in [-0.39, 0.29) is 37.5 Å². The number of fused-ring (bicyclic) bond motifs is 1. The Bertz CT molecular complexity index is 1200. The van der Waals surface area contributed by atoms with Crippen molar-refractivity contribution in [3.63, 3.8) is 0 Å². The van der Waals surface area contributed by atoms with Crippen LogP contribution in [0.15, 0.2) is 36.5 Å². The van der Waals surface area contributed by atoms with Crippen LogP contribution in [0.2, 0.25) is 5.02 Å². The van der Waals surface area contributed by atoms with Crippen molar-refractivity contribution in [2.75, 3.05) is 25.0 Å². The Balaban J connectivity index is 1.68. The van der Waals surface area contributed by atoms with Crippen LogP contribution in [0.25, 0.3) is 0 Å². The molecule has 0 radical (unpaired) electrons. The monoisotopic (exact) mass is 590 g/mol. The van der Waals surface area contributed by atoms with Gasteiger partial charge in [0.15, 0.2) is 0 Å². The van der Waals surface area contributed by atoms with E-state index in [9.17, 15) is 35.9 Å². The van der Waals surface area contributed by atoms with E-state index in [1.165, 1.54) is 6.20 Å². The van der Waals surface area contributed by atoms with E-state index in [1.54, 1.807) is 30.3 Å². The molecule has 2 aromatic rings. The van der Waals surface area contributed by atoms with Crippen molar-refractivity contribution in [1.29, 1.82) is 0 Å². The SMILES string of the molecule is O=C(N1CCc2ccc(Cl)c(NC(CN(C(=O)C(F)(F)F)C3CCCCC3)c3ccccn3)c2CC1)C(F)(F)F. The lowest BCUT2D eigenvalue weighted by molar-refractivity contribution is -0.188. The van der Waals surface area contributed by atoms with Gasteiger partial charge in [-0.25, -0.2) is 0 Å². The molecule has 2 amide bonds. The fourth-order valence-electron chi connectivity index (χ4n) is 5.45. The van der Waals surface area contributed by atoms with Gasteiger partial charge in [0.05, 0.1) is 22.4 Å². The molecular weight excluding hydrogens is 562 g/mol. The summed E-state index contributed by atoms with van der Waals surface area (Å²) in [5.74, 6) is -3.86. The second kappa shape index (κ2) is 12.2. The molecule has 1 aromatic carbocycles. The van der Waals surface area contributed by atoms with E-state index in [0.717, 1.165) is 16.2 Å². The van der Waals surface area contributed by atoms with Crippen molar-refractivity contribution >= 4 is 29.1 Å². The lowest BCUT2D eigenvalue weighted by Crippen LogP contribution is -2.50. The predicted molar refractivity (Wildman–Crippen MR) is 137 cm³/mol. The highest BCUT2D eigenvalue weighted by Gasteiger charge is 2.46. The third-order valence-corrected chi connectivity index (χ3v) is 7.75. The summed E-state index contributed by atoms with van der Waals surface area (Å²) in [6, 6.07) is 6.65. The molecule has 2 aliphatic rings. The van der Waals surface area contributed by atoms with Crippen LogP contribution in [0.3, 0.4) is 0 Å². The first-order valence-electron chi connectivity index (χ1n) is 13.1. The molecule has 1 aliphatic carbocycles. The number of carbonyl (C=O) groups is 2. The van der Waals surface area contributed by atoms with Gasteiger partial charge in [-0.1, -0.05) is 43.0 Å². The number of rotatable bonds is 6. The fourth-order valence-corrected chi connectivity index (χ4v) is 5.69. The molecule has 6 nitrogen and oxygen atoms in total. The maximum absolute atomic E-state index is 13.7. The lowest BCUT2D eigenvalue weighted by Gasteiger charge is -2.37. The number of nitrogens with one attached hydrogen (secondary N) is 1. The number of hydrogen-bond acceptors (Lipinski definition) is 4. The smallest absolute Gasteiger partial charge is 0.374 e. The van der Waals surface area contributed by atoms with Gasteiger partial charge in [-0.15, -0.1) is 0 Å². The van der Waals surface area contributed by atoms with Crippen LogP contribution in [-0.2, 0) is 22.4 Å². The zero-order valence-electron chi connectivity index (χ0n) is 21.5. The Morgan fingerprint density at radius 2 is 1.70 bits per heavy atom. The number of anilines is 1. The van der Waals surface area contributed by atoms with E-state index in [0.29, 0.717) is 48.2 Å². The van der Waals surface area contributed by atoms with Gasteiger partial charge in [-0.3, -0.25) is 14.6 Å². The zero-order chi connectivity index (χ0) is 29.1. The molecule has 1 fully saturated rings. The topological polar surface area (TPSA) is 65.5 Å². The van der Waals surface area contributed by atoms with Gasteiger partial charge in [-0.2, -0.15) is 26.3 Å². The molecule has 0 saturated heterocycles. The van der Waals surface area contributed by atoms with Gasteiger partial charge in [-0.05, 0) is 55.0 Å². The summed E-state index contributed by atoms with van der Waals surface area (Å²) < 4.78 is 80.3. The molecular formula is C27H29ClF6N4O2. The third-order valence-electron chi connectivity index (χ3n) is 7.43. The minimum Gasteiger partial charge on any atom is -0.374 e. The average molecular weight is 591 g/mol. The standard InChI is InChI=1S/C27H29ClF6N4O2/c28-20-10-9-17-11-14-37(24(39)26(29,30)31)15-12-19(17)23(20)36-22(21-8-4-5-13-35-21)16-38(25(40)27(32,33)34)18-6-2-1-3-7-18/h4-5,8-10,13,18,22,36H,1-3,6-7,11-12,14-16H2. The van der Waals surface area contributed by atoms with Crippen molar-refractivity contribution < 1.29 is 35.9 Å². The van der Waals surface area contributed by atoms with E-state index >= 15 is 0 Å². The molecule has 40 heavy (non-hydrogen) atoms. The van der Waals surface area contributed by atoms with E-state index < -0.39 is 36.3 Å². The Morgan fingerprint density at radius 1 is 1.00 bits per heavy atom. The highest BCUT2D eigenvalue weighted by Crippen LogP contribution is 2.36. The Labute approximate surface area is 232 Å². The molecule has 1 aromatic heterocycles. The van der Waals surface area contributed by atoms with Crippen LogP contribution < -0.4 is 5.32 Å². The molecule has 13 heteroatoms. The number of alkyl halides is 6. The van der Waals surface area contributed by atoms with Gasteiger partial charge in [0.25, 0.3) is 0 Å². The van der Waals surface area contributed by atoms with Crippen LogP contribution in [0.1, 0.15) is 55.0 Å². The van der Waals surface area contributed by atoms with Crippen molar-refractivity contribution in [2.24, 2.45) is 0 Å². The molecule has 0 bridgehead atoms. The number of amides is 2. The number of hydrogen-bond donors (Lipinski definition) is 1. The maximum Gasteiger partial charge on any atom is 0.471 e. The van der Waals surface area contributed by atoms with Crippen molar-refractivity contribution in [1.82, 2.24) is 14.8 Å². The number of aromatic nitrogens is 1. The number of pyridine rings is 1. The van der Waals surface area contributed by atoms with Crippen LogP contribution >= 0.6 is 11.6 Å². The summed E-state index contributed by atoms with van der Waals surface area (Å²) in [5, 5.41) is 3.40. The van der Waals surface area contributed by atoms with Gasteiger partial charge in [0.2, 0.25) is 0 Å². The number of nitrogens with zero attached hydrogens (tertiary/aromatic N) is 3. The molecule has 1 atom stereocenters. The normalized spacial score (nSPS) is 17.5. The van der Waals surface area contributed by atoms with Crippen LogP contribution in [0, 0.1) is 0 Å². The molecule has 1 aliphatic heterocycles. The zero-order valence-corrected chi connectivity index (χ0v) is 22.2. The molecule has 4 rings (SSSR count). The van der Waals surface area contributed by atoms with Gasteiger partial charge < -0.3 is 15.1 Å². The molecule has 1 unspecified atom stereocenters. The van der Waals surface area contributed by atoms with Crippen LogP contribution in [-0.4, -0.2) is 64.6 Å². The number of carbonyl (C=O) groups excluding carboxylic acids is 2. The van der Waals surface area contributed by atoms with Gasteiger partial charge >= 0.3 is 24.2 Å². The third kappa shape index (κ3) is 7.00. The Morgan fingerprint density at radius 3 is 2.33 bits per heavy atom. The van der Waals surface area contributed by atoms with Crippen LogP contribution in [0.4, 0.5) is 32.0 Å². The van der Waals surface area contributed by atoms with Gasteiger partial charge in [0, 0.05) is 31.9 Å². The van der Waals surface area contributed by atoms with Crippen LogP contribution in [0.5, 0.6) is 0 Å². The minimum absolute atomic E-state index is 0.0445. The first-order chi connectivity index (χ1) is 18.9. The molecule has 1 N–H and O–H groups in total. The average Bonchev–Trinajstić information content (AvgIpc) is 3.14. The Hall–Kier alpha value is -3.02. The minimum atomic E-state index is -5.07. The first-order valence-corrected chi connectivity index (χ1v) is 13.5. The molecule has 1 saturated carbocycles. The lowest BCUT2D eigenvalue weighted by atomic mass is 9.93. The largest absolute Gasteiger partial charge is 0.471 e. The van der Waals surface area contributed by atoms with E-state index in [4.69, 9.17) is 11.6 Å². The predicted octanol–water partition coefficient (Wildman–Crippen LogP) is 6.10. The first kappa shape index (κ1) is 30.0. The summed E-state index contributed by atoms with van der Waals surface area (Å²) >= 11 is 6.53. The second-order valence-corrected chi connectivity index (χ2v) is 10.5. The van der Waals surface area contributed by atoms with Crippen molar-refractivity contribution in [2.45, 2.75) is 69.4 Å². The molecule has 218 valence electrons.